The van der Waals surface area contributed by atoms with Gasteiger partial charge in [-0.15, -0.1) is 4.40 Å². The van der Waals surface area contributed by atoms with E-state index < -0.39 is 32.0 Å². The van der Waals surface area contributed by atoms with Gasteiger partial charge in [-0.25, -0.2) is 8.42 Å². The van der Waals surface area contributed by atoms with E-state index in [2.05, 4.69) is 28.3 Å². The number of Topliss-reactive ketones (excluding diaryl/α,β-unsaturated/α-hetero) is 1. The molecule has 0 radical (unpaired) electrons. The molecular weight excluding hydrogens is 518 g/mol. The van der Waals surface area contributed by atoms with Gasteiger partial charge in [0.25, 0.3) is 0 Å². The second-order valence-electron chi connectivity index (χ2n) is 9.90. The summed E-state index contributed by atoms with van der Waals surface area (Å²) in [6.07, 6.45) is 2.22. The van der Waals surface area contributed by atoms with E-state index in [9.17, 15) is 27.4 Å². The number of carbonyl (C=O) groups is 1. The molecule has 1 unspecified atom stereocenters. The molecule has 0 saturated carbocycles. The van der Waals surface area contributed by atoms with Crippen LogP contribution in [0.4, 0.5) is 11.4 Å². The smallest absolute Gasteiger partial charge is 0.229 e. The van der Waals surface area contributed by atoms with Gasteiger partial charge in [-0.2, -0.15) is 0 Å². The molecule has 2 aliphatic rings. The van der Waals surface area contributed by atoms with Crippen LogP contribution >= 0.6 is 10.8 Å². The second kappa shape index (κ2) is 9.35. The standard InChI is InChI=1S/C25H31N3O7S2/c1-14(2)10-11-25(3)18-8-7-16(35-4)13-17(18)22(29)21(23(25)30)24-26-19-9-6-15(27-36(5,31)32)12-20(19)37(33,34)28-24/h6-9,12-14,27,29,33-34H,10-11H2,1-5H3,(H,26,28). The Morgan fingerprint density at radius 2 is 1.89 bits per heavy atom. The molecule has 2 aromatic carbocycles. The molecule has 0 bridgehead atoms. The summed E-state index contributed by atoms with van der Waals surface area (Å²) in [7, 11) is -5.95. The average molecular weight is 550 g/mol. The van der Waals surface area contributed by atoms with Crippen LogP contribution in [-0.2, 0) is 20.2 Å². The lowest BCUT2D eigenvalue weighted by atomic mass is 9.66. The van der Waals surface area contributed by atoms with E-state index in [1.165, 1.54) is 25.3 Å². The van der Waals surface area contributed by atoms with Crippen molar-refractivity contribution in [1.29, 1.82) is 0 Å². The molecular formula is C25H31N3O7S2. The molecule has 0 saturated heterocycles. The topological polar surface area (TPSA) is 158 Å². The minimum atomic E-state index is -3.85. The molecule has 4 rings (SSSR count). The number of hydrogen-bond donors (Lipinski definition) is 5. The molecule has 37 heavy (non-hydrogen) atoms. The van der Waals surface area contributed by atoms with Crippen molar-refractivity contribution in [3.05, 3.63) is 53.1 Å². The number of nitrogens with one attached hydrogen (secondary N) is 2. The van der Waals surface area contributed by atoms with Crippen LogP contribution < -0.4 is 14.8 Å². The van der Waals surface area contributed by atoms with Gasteiger partial charge in [0.1, 0.15) is 22.0 Å². The van der Waals surface area contributed by atoms with Crippen LogP contribution in [0.1, 0.15) is 44.7 Å². The Kier molecular flexibility index (Phi) is 6.82. The van der Waals surface area contributed by atoms with Crippen molar-refractivity contribution in [2.24, 2.45) is 10.3 Å². The summed E-state index contributed by atoms with van der Waals surface area (Å²) in [6.45, 7) is 5.94. The van der Waals surface area contributed by atoms with Crippen LogP contribution in [0.15, 0.2) is 51.3 Å². The molecule has 200 valence electrons. The van der Waals surface area contributed by atoms with Crippen molar-refractivity contribution in [1.82, 2.24) is 0 Å². The monoisotopic (exact) mass is 549 g/mol. The van der Waals surface area contributed by atoms with E-state index >= 15 is 0 Å². The molecule has 1 atom stereocenters. The largest absolute Gasteiger partial charge is 0.506 e. The number of rotatable bonds is 7. The van der Waals surface area contributed by atoms with Gasteiger partial charge < -0.3 is 15.2 Å². The number of aliphatic hydroxyl groups excluding tert-OH is 1. The van der Waals surface area contributed by atoms with Crippen LogP contribution in [0.25, 0.3) is 5.76 Å². The third-order valence-electron chi connectivity index (χ3n) is 6.55. The Morgan fingerprint density at radius 1 is 1.19 bits per heavy atom. The fourth-order valence-corrected chi connectivity index (χ4v) is 6.32. The van der Waals surface area contributed by atoms with Crippen LogP contribution in [-0.4, -0.2) is 47.6 Å². The molecule has 0 spiro atoms. The van der Waals surface area contributed by atoms with Gasteiger partial charge in [0.2, 0.25) is 10.0 Å². The van der Waals surface area contributed by atoms with E-state index in [0.717, 1.165) is 12.7 Å². The summed E-state index contributed by atoms with van der Waals surface area (Å²) < 4.78 is 56.7. The van der Waals surface area contributed by atoms with Gasteiger partial charge in [-0.05, 0) is 61.6 Å². The number of fused-ring (bicyclic) bond motifs is 2. The third kappa shape index (κ3) is 5.06. The highest BCUT2D eigenvalue weighted by Gasteiger charge is 2.46. The lowest BCUT2D eigenvalue weighted by Crippen LogP contribution is -2.42. The van der Waals surface area contributed by atoms with E-state index in [4.69, 9.17) is 4.74 Å². The molecule has 5 N–H and O–H groups in total. The zero-order chi connectivity index (χ0) is 27.3. The summed E-state index contributed by atoms with van der Waals surface area (Å²) in [5.74, 6) is -0.106. The Bertz CT molecular complexity index is 1450. The van der Waals surface area contributed by atoms with Crippen LogP contribution in [0.2, 0.25) is 0 Å². The maximum absolute atomic E-state index is 14.0. The average Bonchev–Trinajstić information content (AvgIpc) is 2.80. The van der Waals surface area contributed by atoms with E-state index in [1.807, 2.05) is 6.92 Å². The molecule has 12 heteroatoms. The minimum Gasteiger partial charge on any atom is -0.506 e. The number of hydrogen-bond acceptors (Lipinski definition) is 9. The number of sulfonamides is 1. The first-order valence-electron chi connectivity index (χ1n) is 11.6. The van der Waals surface area contributed by atoms with Crippen molar-refractivity contribution in [3.8, 4) is 5.75 Å². The molecule has 1 heterocycles. The number of anilines is 2. The van der Waals surface area contributed by atoms with E-state index in [1.54, 1.807) is 18.2 Å². The molecule has 2 aromatic rings. The summed E-state index contributed by atoms with van der Waals surface area (Å²) in [6, 6.07) is 9.31. The fourth-order valence-electron chi connectivity index (χ4n) is 4.58. The van der Waals surface area contributed by atoms with Crippen molar-refractivity contribution in [3.63, 3.8) is 0 Å². The lowest BCUT2D eigenvalue weighted by molar-refractivity contribution is -0.120. The van der Waals surface area contributed by atoms with Crippen molar-refractivity contribution >= 4 is 49.6 Å². The predicted octanol–water partition coefficient (Wildman–Crippen LogP) is 5.16. The van der Waals surface area contributed by atoms with Gasteiger partial charge in [-0.3, -0.25) is 18.6 Å². The summed E-state index contributed by atoms with van der Waals surface area (Å²) >= 11 is 0. The van der Waals surface area contributed by atoms with Gasteiger partial charge >= 0.3 is 0 Å². The van der Waals surface area contributed by atoms with Crippen LogP contribution in [0.5, 0.6) is 5.75 Å². The SMILES string of the molecule is COc1ccc2c(c1)C(O)=C(C1=NS(O)(O)c3cc(NS(C)(=O)=O)ccc3N1)C(=O)C2(C)CCC(C)C. The maximum Gasteiger partial charge on any atom is 0.229 e. The van der Waals surface area contributed by atoms with Crippen molar-refractivity contribution in [2.75, 3.05) is 23.4 Å². The highest BCUT2D eigenvalue weighted by Crippen LogP contribution is 2.57. The first-order chi connectivity index (χ1) is 17.2. The quantitative estimate of drug-likeness (QED) is 0.317. The Labute approximate surface area is 218 Å². The molecule has 1 aliphatic carbocycles. The van der Waals surface area contributed by atoms with Crippen LogP contribution in [0.3, 0.4) is 0 Å². The molecule has 0 fully saturated rings. The predicted molar refractivity (Wildman–Crippen MR) is 146 cm³/mol. The zero-order valence-electron chi connectivity index (χ0n) is 21.2. The molecule has 10 nitrogen and oxygen atoms in total. The van der Waals surface area contributed by atoms with E-state index in [0.29, 0.717) is 29.2 Å². The Hall–Kier alpha value is -3.06. The highest BCUT2D eigenvalue weighted by molar-refractivity contribution is 8.23. The molecule has 0 aromatic heterocycles. The second-order valence-corrected chi connectivity index (χ2v) is 13.3. The summed E-state index contributed by atoms with van der Waals surface area (Å²) in [5.41, 5.74) is 0.234. The fraction of sp³-hybridized carbons (Fsp3) is 0.360. The van der Waals surface area contributed by atoms with Crippen molar-refractivity contribution in [2.45, 2.75) is 43.9 Å². The zero-order valence-corrected chi connectivity index (χ0v) is 22.8. The number of ether oxygens (including phenoxy) is 1. The number of carbonyl (C=O) groups excluding carboxylic acids is 1. The van der Waals surface area contributed by atoms with Crippen molar-refractivity contribution < 1.29 is 32.2 Å². The van der Waals surface area contributed by atoms with Gasteiger partial charge in [0.15, 0.2) is 11.6 Å². The minimum absolute atomic E-state index is 0.0436. The number of benzene rings is 2. The Balaban J connectivity index is 1.86. The highest BCUT2D eigenvalue weighted by atomic mass is 32.3. The number of aliphatic hydroxyl groups is 1. The van der Waals surface area contributed by atoms with Crippen LogP contribution in [0, 0.1) is 5.92 Å². The normalized spacial score (nSPS) is 21.5. The van der Waals surface area contributed by atoms with E-state index in [-0.39, 0.29) is 33.4 Å². The molecule has 1 aliphatic heterocycles. The first kappa shape index (κ1) is 27.0. The van der Waals surface area contributed by atoms with Gasteiger partial charge in [0, 0.05) is 5.56 Å². The maximum atomic E-state index is 14.0. The summed E-state index contributed by atoms with van der Waals surface area (Å²) in [5, 5.41) is 14.3. The summed E-state index contributed by atoms with van der Waals surface area (Å²) in [4.78, 5) is 14.0. The number of methoxy groups -OCH3 is 1. The molecule has 0 amide bonds. The number of amidine groups is 1. The lowest BCUT2D eigenvalue weighted by Gasteiger charge is -2.39. The Morgan fingerprint density at radius 3 is 2.51 bits per heavy atom. The third-order valence-corrected chi connectivity index (χ3v) is 8.52. The van der Waals surface area contributed by atoms with Gasteiger partial charge in [0.05, 0.1) is 30.2 Å². The van der Waals surface area contributed by atoms with Gasteiger partial charge in [-0.1, -0.05) is 30.7 Å². The first-order valence-corrected chi connectivity index (χ1v) is 15.0. The number of nitrogens with zero attached hydrogens (tertiary/aromatic N) is 1. The number of ketones is 1.